The first-order valence-electron chi connectivity index (χ1n) is 9.01. The van der Waals surface area contributed by atoms with Gasteiger partial charge in [-0.25, -0.2) is 4.79 Å². The molecule has 1 aromatic rings. The summed E-state index contributed by atoms with van der Waals surface area (Å²) in [6.07, 6.45) is 5.90. The molecular weight excluding hydrogens is 316 g/mol. The molecule has 1 aliphatic rings. The summed E-state index contributed by atoms with van der Waals surface area (Å²) in [5.74, 6) is -0.993. The summed E-state index contributed by atoms with van der Waals surface area (Å²) >= 11 is 0. The lowest BCUT2D eigenvalue weighted by Gasteiger charge is -2.41. The van der Waals surface area contributed by atoms with Gasteiger partial charge in [-0.2, -0.15) is 0 Å². The SMILES string of the molecule is CC(C)=CCCC(C)(C)[C@@H]1CC[C@@H](CO)c2c(O)cc(C(=O)O)cc21. The molecule has 0 aliphatic heterocycles. The van der Waals surface area contributed by atoms with Crippen LogP contribution in [0.2, 0.25) is 0 Å². The number of carboxylic acid groups (broad SMARTS) is 1. The minimum Gasteiger partial charge on any atom is -0.508 e. The van der Waals surface area contributed by atoms with Crippen molar-refractivity contribution in [1.29, 1.82) is 0 Å². The number of hydrogen-bond donors (Lipinski definition) is 3. The van der Waals surface area contributed by atoms with Gasteiger partial charge in [0.2, 0.25) is 0 Å². The number of rotatable bonds is 6. The average molecular weight is 346 g/mol. The summed E-state index contributed by atoms with van der Waals surface area (Å²) in [4.78, 5) is 11.4. The Kier molecular flexibility index (Phi) is 5.94. The van der Waals surface area contributed by atoms with Crippen LogP contribution in [0, 0.1) is 5.41 Å². The summed E-state index contributed by atoms with van der Waals surface area (Å²) in [5, 5.41) is 29.5. The molecule has 0 amide bonds. The lowest BCUT2D eigenvalue weighted by Crippen LogP contribution is -2.28. The second-order valence-electron chi connectivity index (χ2n) is 8.12. The molecule has 138 valence electrons. The van der Waals surface area contributed by atoms with Gasteiger partial charge in [0.1, 0.15) is 5.75 Å². The highest BCUT2D eigenvalue weighted by atomic mass is 16.4. The van der Waals surface area contributed by atoms with E-state index in [0.29, 0.717) is 0 Å². The van der Waals surface area contributed by atoms with Gasteiger partial charge in [-0.1, -0.05) is 25.5 Å². The second kappa shape index (κ2) is 7.61. The summed E-state index contributed by atoms with van der Waals surface area (Å²) in [6, 6.07) is 3.01. The average Bonchev–Trinajstić information content (AvgIpc) is 2.52. The smallest absolute Gasteiger partial charge is 0.335 e. The Hall–Kier alpha value is -1.81. The monoisotopic (exact) mass is 346 g/mol. The molecule has 0 radical (unpaired) electrons. The number of fused-ring (bicyclic) bond motifs is 1. The third-order valence-electron chi connectivity index (χ3n) is 5.53. The molecule has 1 aromatic carbocycles. The van der Waals surface area contributed by atoms with Gasteiger partial charge in [-0.3, -0.25) is 0 Å². The van der Waals surface area contributed by atoms with Crippen molar-refractivity contribution in [3.63, 3.8) is 0 Å². The molecule has 0 aromatic heterocycles. The number of allylic oxidation sites excluding steroid dienone is 2. The van der Waals surface area contributed by atoms with E-state index >= 15 is 0 Å². The van der Waals surface area contributed by atoms with E-state index in [9.17, 15) is 20.1 Å². The quantitative estimate of drug-likeness (QED) is 0.646. The molecule has 2 rings (SSSR count). The van der Waals surface area contributed by atoms with Crippen LogP contribution in [0.4, 0.5) is 0 Å². The fraction of sp³-hybridized carbons (Fsp3) is 0.571. The van der Waals surface area contributed by atoms with Crippen molar-refractivity contribution in [2.24, 2.45) is 5.41 Å². The van der Waals surface area contributed by atoms with Crippen molar-refractivity contribution in [3.05, 3.63) is 40.5 Å². The first-order valence-corrected chi connectivity index (χ1v) is 9.01. The Morgan fingerprint density at radius 1 is 1.28 bits per heavy atom. The molecule has 0 unspecified atom stereocenters. The van der Waals surface area contributed by atoms with E-state index in [0.717, 1.165) is 36.8 Å². The van der Waals surface area contributed by atoms with Crippen molar-refractivity contribution in [3.8, 4) is 5.75 Å². The highest BCUT2D eigenvalue weighted by Gasteiger charge is 2.38. The predicted molar refractivity (Wildman–Crippen MR) is 99.3 cm³/mol. The Morgan fingerprint density at radius 3 is 2.52 bits per heavy atom. The standard InChI is InChI=1S/C21H30O4/c1-13(2)6-5-9-21(3,4)17-8-7-14(12-22)19-16(17)10-15(20(24)25)11-18(19)23/h6,10-11,14,17,22-23H,5,7-9,12H2,1-4H3,(H,24,25)/t14-,17+/m0/s1. The molecule has 25 heavy (non-hydrogen) atoms. The first-order chi connectivity index (χ1) is 11.7. The molecule has 0 fully saturated rings. The number of aliphatic hydroxyl groups is 1. The fourth-order valence-electron chi connectivity index (χ4n) is 4.09. The van der Waals surface area contributed by atoms with Gasteiger partial charge in [0.05, 0.1) is 12.2 Å². The van der Waals surface area contributed by atoms with Gasteiger partial charge in [0.25, 0.3) is 0 Å². The minimum absolute atomic E-state index is 0.00116. The lowest BCUT2D eigenvalue weighted by atomic mass is 9.64. The van der Waals surface area contributed by atoms with Crippen LogP contribution >= 0.6 is 0 Å². The summed E-state index contributed by atoms with van der Waals surface area (Å²) in [7, 11) is 0. The molecule has 0 spiro atoms. The topological polar surface area (TPSA) is 77.8 Å². The predicted octanol–water partition coefficient (Wildman–Crippen LogP) is 4.82. The van der Waals surface area contributed by atoms with E-state index in [2.05, 4.69) is 33.8 Å². The van der Waals surface area contributed by atoms with Crippen LogP contribution < -0.4 is 0 Å². The van der Waals surface area contributed by atoms with Crippen molar-refractivity contribution in [2.75, 3.05) is 6.61 Å². The second-order valence-corrected chi connectivity index (χ2v) is 8.12. The number of carbonyl (C=O) groups is 1. The normalized spacial score (nSPS) is 20.0. The van der Waals surface area contributed by atoms with Gasteiger partial charge in [-0.15, -0.1) is 0 Å². The Bertz CT molecular complexity index is 669. The van der Waals surface area contributed by atoms with E-state index in [1.165, 1.54) is 11.6 Å². The highest BCUT2D eigenvalue weighted by Crippen LogP contribution is 2.51. The largest absolute Gasteiger partial charge is 0.508 e. The van der Waals surface area contributed by atoms with Crippen molar-refractivity contribution in [2.45, 2.75) is 65.2 Å². The van der Waals surface area contributed by atoms with Crippen LogP contribution in [-0.4, -0.2) is 27.9 Å². The molecule has 2 atom stereocenters. The zero-order valence-electron chi connectivity index (χ0n) is 15.7. The molecule has 4 heteroatoms. The molecule has 3 N–H and O–H groups in total. The van der Waals surface area contributed by atoms with E-state index in [1.807, 2.05) is 0 Å². The van der Waals surface area contributed by atoms with E-state index < -0.39 is 5.97 Å². The lowest BCUT2D eigenvalue weighted by molar-refractivity contribution is 0.0695. The molecule has 1 aliphatic carbocycles. The third-order valence-corrected chi connectivity index (χ3v) is 5.53. The molecule has 0 heterocycles. The molecule has 0 saturated carbocycles. The molecule has 0 saturated heterocycles. The maximum atomic E-state index is 11.4. The Morgan fingerprint density at radius 2 is 1.96 bits per heavy atom. The number of aromatic hydroxyl groups is 1. The summed E-state index contributed by atoms with van der Waals surface area (Å²) < 4.78 is 0. The van der Waals surface area contributed by atoms with E-state index in [-0.39, 0.29) is 35.2 Å². The van der Waals surface area contributed by atoms with Crippen LogP contribution in [0.5, 0.6) is 5.75 Å². The van der Waals surface area contributed by atoms with Gasteiger partial charge in [-0.05, 0) is 68.6 Å². The number of hydrogen-bond acceptors (Lipinski definition) is 3. The number of aliphatic hydroxyl groups excluding tert-OH is 1. The fourth-order valence-corrected chi connectivity index (χ4v) is 4.09. The minimum atomic E-state index is -1.04. The van der Waals surface area contributed by atoms with Gasteiger partial charge in [0.15, 0.2) is 0 Å². The van der Waals surface area contributed by atoms with Crippen LogP contribution in [0.3, 0.4) is 0 Å². The number of phenols is 1. The number of aromatic carboxylic acids is 1. The molecule has 0 bridgehead atoms. The summed E-state index contributed by atoms with van der Waals surface area (Å²) in [6.45, 7) is 8.57. The maximum Gasteiger partial charge on any atom is 0.335 e. The van der Waals surface area contributed by atoms with Gasteiger partial charge >= 0.3 is 5.97 Å². The first kappa shape index (κ1) is 19.5. The van der Waals surface area contributed by atoms with Crippen LogP contribution in [0.15, 0.2) is 23.8 Å². The molecule has 4 nitrogen and oxygen atoms in total. The van der Waals surface area contributed by atoms with Crippen molar-refractivity contribution in [1.82, 2.24) is 0 Å². The van der Waals surface area contributed by atoms with Crippen molar-refractivity contribution >= 4 is 5.97 Å². The maximum absolute atomic E-state index is 11.4. The summed E-state index contributed by atoms with van der Waals surface area (Å²) in [5.41, 5.74) is 3.01. The van der Waals surface area contributed by atoms with Crippen molar-refractivity contribution < 1.29 is 20.1 Å². The number of benzene rings is 1. The Labute approximate surface area is 150 Å². The van der Waals surface area contributed by atoms with Crippen LogP contribution in [-0.2, 0) is 0 Å². The highest BCUT2D eigenvalue weighted by molar-refractivity contribution is 5.88. The number of phenolic OH excluding ortho intramolecular Hbond substituents is 1. The third kappa shape index (κ3) is 4.24. The Balaban J connectivity index is 2.45. The zero-order valence-corrected chi connectivity index (χ0v) is 15.7. The van der Waals surface area contributed by atoms with E-state index in [1.54, 1.807) is 6.07 Å². The van der Waals surface area contributed by atoms with Crippen LogP contribution in [0.1, 0.15) is 86.7 Å². The van der Waals surface area contributed by atoms with E-state index in [4.69, 9.17) is 0 Å². The van der Waals surface area contributed by atoms with Gasteiger partial charge < -0.3 is 15.3 Å². The van der Waals surface area contributed by atoms with Gasteiger partial charge in [0, 0.05) is 11.5 Å². The zero-order chi connectivity index (χ0) is 18.8. The van der Waals surface area contributed by atoms with Crippen LogP contribution in [0.25, 0.3) is 0 Å². The molecular formula is C21H30O4. The number of carboxylic acids is 1.